The number of methoxy groups -OCH3 is 1. The summed E-state index contributed by atoms with van der Waals surface area (Å²) in [4.78, 5) is 26.9. The highest BCUT2D eigenvalue weighted by atomic mass is 79.9. The van der Waals surface area contributed by atoms with Crippen LogP contribution in [0.25, 0.3) is 0 Å². The molecule has 0 unspecified atom stereocenters. The van der Waals surface area contributed by atoms with Crippen molar-refractivity contribution in [3.05, 3.63) is 103 Å². The van der Waals surface area contributed by atoms with Crippen molar-refractivity contribution in [2.24, 2.45) is 5.10 Å². The van der Waals surface area contributed by atoms with Crippen molar-refractivity contribution in [2.45, 2.75) is 19.2 Å². The lowest BCUT2D eigenvalue weighted by Gasteiger charge is -2.13. The zero-order chi connectivity index (χ0) is 30.3. The minimum absolute atomic E-state index is 0.0180. The molecule has 0 aliphatic heterocycles. The van der Waals surface area contributed by atoms with Crippen LogP contribution in [0, 0.1) is 10.1 Å². The third-order valence-corrected chi connectivity index (χ3v) is 6.92. The number of hydrogen-bond acceptors (Lipinski definition) is 9. The van der Waals surface area contributed by atoms with Gasteiger partial charge < -0.3 is 14.8 Å². The van der Waals surface area contributed by atoms with Gasteiger partial charge in [0.1, 0.15) is 6.61 Å². The second-order valence-corrected chi connectivity index (χ2v) is 10.3. The predicted octanol–water partition coefficient (Wildman–Crippen LogP) is 6.86. The third kappa shape index (κ3) is 8.27. The molecule has 0 saturated heterocycles. The van der Waals surface area contributed by atoms with Gasteiger partial charge in [-0.05, 0) is 69.5 Å². The van der Waals surface area contributed by atoms with E-state index in [4.69, 9.17) is 9.47 Å². The molecule has 0 atom stereocenters. The maximum Gasteiger partial charge on any atom is 0.416 e. The number of nitro groups is 1. The number of non-ortho nitro benzene ring substituents is 1. The maximum atomic E-state index is 12.9. The lowest BCUT2D eigenvalue weighted by molar-refractivity contribution is -0.384. The first-order valence-electron chi connectivity index (χ1n) is 12.0. The summed E-state index contributed by atoms with van der Waals surface area (Å²) in [5.41, 5.74) is 3.56. The first-order chi connectivity index (χ1) is 20.0. The number of amides is 1. The smallest absolute Gasteiger partial charge is 0.416 e. The van der Waals surface area contributed by atoms with Gasteiger partial charge in [0, 0.05) is 23.2 Å². The molecule has 15 heteroatoms. The molecule has 0 aliphatic rings. The van der Waals surface area contributed by atoms with E-state index in [2.05, 4.69) is 36.8 Å². The van der Waals surface area contributed by atoms with Gasteiger partial charge in [0.2, 0.25) is 5.91 Å². The van der Waals surface area contributed by atoms with Gasteiger partial charge in [0.15, 0.2) is 16.6 Å². The van der Waals surface area contributed by atoms with Crippen LogP contribution in [0.1, 0.15) is 22.4 Å². The van der Waals surface area contributed by atoms with E-state index in [-0.39, 0.29) is 24.4 Å². The monoisotopic (exact) mass is 663 g/mol. The van der Waals surface area contributed by atoms with Crippen molar-refractivity contribution in [1.29, 1.82) is 0 Å². The van der Waals surface area contributed by atoms with Crippen LogP contribution in [0.4, 0.5) is 29.7 Å². The fourth-order valence-electron chi connectivity index (χ4n) is 3.55. The number of carbonyl (C=O) groups is 1. The highest BCUT2D eigenvalue weighted by molar-refractivity contribution is 9.10. The standard InChI is InChI=1S/C27H21BrF3N5O5S/c1-40-23-10-17(9-22(28)25(23)41-14-16-5-7-21(8-6-16)36(38)39)13-32-35-24(37)12-20-15-42-26(34-20)33-19-4-2-3-18(11-19)27(29,30)31/h2-11,13,15H,12,14H2,1H3,(H,33,34)(H,35,37)/b32-13-. The van der Waals surface area contributed by atoms with Crippen LogP contribution in [-0.4, -0.2) is 29.1 Å². The highest BCUT2D eigenvalue weighted by Gasteiger charge is 2.30. The molecule has 4 rings (SSSR count). The predicted molar refractivity (Wildman–Crippen MR) is 154 cm³/mol. The van der Waals surface area contributed by atoms with Crippen LogP contribution >= 0.6 is 27.3 Å². The first kappa shape index (κ1) is 30.5. The third-order valence-electron chi connectivity index (χ3n) is 5.52. The van der Waals surface area contributed by atoms with Gasteiger partial charge in [-0.25, -0.2) is 10.4 Å². The normalized spacial score (nSPS) is 11.4. The molecule has 0 bridgehead atoms. The van der Waals surface area contributed by atoms with Gasteiger partial charge in [0.05, 0.1) is 40.4 Å². The van der Waals surface area contributed by atoms with Crippen molar-refractivity contribution in [1.82, 2.24) is 10.4 Å². The summed E-state index contributed by atoms with van der Waals surface area (Å²) in [5, 5.41) is 19.6. The van der Waals surface area contributed by atoms with Crippen LogP contribution in [0.2, 0.25) is 0 Å². The number of hydrogen-bond donors (Lipinski definition) is 2. The Kier molecular flexibility index (Phi) is 9.75. The van der Waals surface area contributed by atoms with Crippen LogP contribution in [0.5, 0.6) is 11.5 Å². The van der Waals surface area contributed by atoms with E-state index < -0.39 is 22.6 Å². The molecule has 0 spiro atoms. The molecule has 1 heterocycles. The molecule has 0 saturated carbocycles. The van der Waals surface area contributed by atoms with Crippen molar-refractivity contribution < 1.29 is 32.4 Å². The minimum atomic E-state index is -4.46. The molecule has 0 radical (unpaired) electrons. The fourth-order valence-corrected chi connectivity index (χ4v) is 4.85. The number of nitrogens with zero attached hydrogens (tertiary/aromatic N) is 3. The van der Waals surface area contributed by atoms with Crippen molar-refractivity contribution in [3.8, 4) is 11.5 Å². The van der Waals surface area contributed by atoms with E-state index in [0.717, 1.165) is 29.0 Å². The topological polar surface area (TPSA) is 128 Å². The zero-order valence-electron chi connectivity index (χ0n) is 21.6. The summed E-state index contributed by atoms with van der Waals surface area (Å²) in [5.74, 6) is 0.355. The summed E-state index contributed by atoms with van der Waals surface area (Å²) in [6, 6.07) is 14.1. The van der Waals surface area contributed by atoms with Crippen LogP contribution < -0.4 is 20.2 Å². The zero-order valence-corrected chi connectivity index (χ0v) is 24.0. The Balaban J connectivity index is 1.32. The lowest BCUT2D eigenvalue weighted by Crippen LogP contribution is -2.20. The Bertz CT molecular complexity index is 1610. The van der Waals surface area contributed by atoms with Gasteiger partial charge in [-0.15, -0.1) is 11.3 Å². The highest BCUT2D eigenvalue weighted by Crippen LogP contribution is 2.37. The molecular formula is C27H21BrF3N5O5S. The summed E-state index contributed by atoms with van der Waals surface area (Å²) < 4.78 is 50.6. The summed E-state index contributed by atoms with van der Waals surface area (Å²) in [6.45, 7) is 0.143. The Morgan fingerprint density at radius 1 is 1.19 bits per heavy atom. The Morgan fingerprint density at radius 3 is 2.64 bits per heavy atom. The fraction of sp³-hybridized carbons (Fsp3) is 0.148. The van der Waals surface area contributed by atoms with Gasteiger partial charge in [-0.1, -0.05) is 6.07 Å². The summed E-state index contributed by atoms with van der Waals surface area (Å²) >= 11 is 4.59. The van der Waals surface area contributed by atoms with Gasteiger partial charge in [0.25, 0.3) is 5.69 Å². The Labute approximate surface area is 249 Å². The number of rotatable bonds is 11. The number of alkyl halides is 3. The molecular weight excluding hydrogens is 643 g/mol. The second kappa shape index (κ2) is 13.4. The number of nitro benzene ring substituents is 1. The number of anilines is 2. The minimum Gasteiger partial charge on any atom is -0.493 e. The van der Waals surface area contributed by atoms with E-state index in [1.165, 1.54) is 37.6 Å². The number of carbonyl (C=O) groups excluding carboxylic acids is 1. The second-order valence-electron chi connectivity index (χ2n) is 8.56. The van der Waals surface area contributed by atoms with Crippen LogP contribution in [0.3, 0.4) is 0 Å². The molecule has 2 N–H and O–H groups in total. The average molecular weight is 664 g/mol. The van der Waals surface area contributed by atoms with Crippen LogP contribution in [0.15, 0.2) is 75.6 Å². The summed E-state index contributed by atoms with van der Waals surface area (Å²) in [7, 11) is 1.47. The maximum absolute atomic E-state index is 12.9. The number of ether oxygens (including phenoxy) is 2. The van der Waals surface area contributed by atoms with Gasteiger partial charge in [-0.3, -0.25) is 14.9 Å². The number of hydrazone groups is 1. The number of thiazole rings is 1. The average Bonchev–Trinajstić information content (AvgIpc) is 3.38. The van der Waals surface area contributed by atoms with Crippen LogP contribution in [-0.2, 0) is 24.0 Å². The quantitative estimate of drug-likeness (QED) is 0.102. The molecule has 3 aromatic carbocycles. The molecule has 218 valence electrons. The SMILES string of the molecule is COc1cc(/C=N\NC(=O)Cc2csc(Nc3cccc(C(F)(F)F)c3)n2)cc(Br)c1OCc1ccc([N+](=O)[O-])cc1. The van der Waals surface area contributed by atoms with E-state index in [1.807, 2.05) is 0 Å². The molecule has 10 nitrogen and oxygen atoms in total. The molecule has 0 aliphatic carbocycles. The number of nitrogens with one attached hydrogen (secondary N) is 2. The van der Waals surface area contributed by atoms with Gasteiger partial charge >= 0.3 is 6.18 Å². The largest absolute Gasteiger partial charge is 0.493 e. The molecule has 0 fully saturated rings. The van der Waals surface area contributed by atoms with E-state index in [0.29, 0.717) is 32.4 Å². The van der Waals surface area contributed by atoms with E-state index in [9.17, 15) is 28.1 Å². The first-order valence-corrected chi connectivity index (χ1v) is 13.6. The summed E-state index contributed by atoms with van der Waals surface area (Å²) in [6.07, 6.45) is -3.15. The lowest BCUT2D eigenvalue weighted by atomic mass is 10.2. The Hall–Kier alpha value is -4.50. The van der Waals surface area contributed by atoms with E-state index in [1.54, 1.807) is 29.6 Å². The molecule has 1 aromatic heterocycles. The molecule has 4 aromatic rings. The number of halogens is 4. The van der Waals surface area contributed by atoms with Gasteiger partial charge in [-0.2, -0.15) is 18.3 Å². The van der Waals surface area contributed by atoms with Crippen molar-refractivity contribution in [2.75, 3.05) is 12.4 Å². The number of benzene rings is 3. The van der Waals surface area contributed by atoms with Crippen molar-refractivity contribution >= 4 is 55.9 Å². The number of aromatic nitrogens is 1. The van der Waals surface area contributed by atoms with Crippen molar-refractivity contribution in [3.63, 3.8) is 0 Å². The Morgan fingerprint density at radius 2 is 1.95 bits per heavy atom. The molecule has 1 amide bonds. The molecule has 42 heavy (non-hydrogen) atoms. The van der Waals surface area contributed by atoms with E-state index >= 15 is 0 Å².